The third-order valence-corrected chi connectivity index (χ3v) is 5.06. The maximum atomic E-state index is 13.2. The first-order valence-electron chi connectivity index (χ1n) is 9.53. The van der Waals surface area contributed by atoms with Gasteiger partial charge in [0.15, 0.2) is 0 Å². The molecule has 146 valence electrons. The van der Waals surface area contributed by atoms with Crippen molar-refractivity contribution in [3.63, 3.8) is 0 Å². The highest BCUT2D eigenvalue weighted by Gasteiger charge is 2.22. The van der Waals surface area contributed by atoms with Gasteiger partial charge in [-0.15, -0.1) is 0 Å². The van der Waals surface area contributed by atoms with Gasteiger partial charge < -0.3 is 15.4 Å². The van der Waals surface area contributed by atoms with E-state index in [1.807, 2.05) is 19.1 Å². The maximum Gasteiger partial charge on any atom is 0.254 e. The number of amides is 1. The lowest BCUT2D eigenvalue weighted by atomic mass is 10.0. The van der Waals surface area contributed by atoms with E-state index in [2.05, 4.69) is 16.0 Å². The van der Waals surface area contributed by atoms with E-state index < -0.39 is 0 Å². The lowest BCUT2D eigenvalue weighted by molar-refractivity contribution is 0.0741. The number of hydrogen-bond donors (Lipinski definition) is 1. The summed E-state index contributed by atoms with van der Waals surface area (Å²) in [6, 6.07) is 11.1. The van der Waals surface area contributed by atoms with Gasteiger partial charge in [0.25, 0.3) is 5.91 Å². The van der Waals surface area contributed by atoms with E-state index in [1.165, 1.54) is 6.20 Å². The second kappa shape index (κ2) is 7.86. The van der Waals surface area contributed by atoms with Crippen LogP contribution < -0.4 is 5.73 Å². The zero-order valence-electron chi connectivity index (χ0n) is 16.2. The number of carbonyl (C=O) groups excluding carboxylic acids is 1. The van der Waals surface area contributed by atoms with E-state index in [0.29, 0.717) is 43.2 Å². The molecule has 3 aromatic rings. The van der Waals surface area contributed by atoms with Crippen LogP contribution in [0.1, 0.15) is 46.1 Å². The molecule has 3 heterocycles. The SMILES string of the molecule is CCCN(Cc1ccc(C#N)cn1)C(=O)c1ccc2nc(N)c3c(c2c1)COC3. The first kappa shape index (κ1) is 18.8. The minimum absolute atomic E-state index is 0.0654. The first-order chi connectivity index (χ1) is 14.1. The Morgan fingerprint density at radius 1 is 1.28 bits per heavy atom. The molecule has 0 radical (unpaired) electrons. The molecule has 7 nitrogen and oxygen atoms in total. The van der Waals surface area contributed by atoms with Gasteiger partial charge in [0.1, 0.15) is 11.9 Å². The number of benzene rings is 1. The average molecular weight is 387 g/mol. The molecule has 0 bridgehead atoms. The van der Waals surface area contributed by atoms with Gasteiger partial charge in [0, 0.05) is 29.3 Å². The summed E-state index contributed by atoms with van der Waals surface area (Å²) in [4.78, 5) is 23.8. The summed E-state index contributed by atoms with van der Waals surface area (Å²) in [7, 11) is 0. The number of pyridine rings is 2. The number of ether oxygens (including phenoxy) is 1. The quantitative estimate of drug-likeness (QED) is 0.721. The minimum atomic E-state index is -0.0654. The number of nitriles is 1. The fraction of sp³-hybridized carbons (Fsp3) is 0.273. The number of nitrogens with two attached hydrogens (primary N) is 1. The number of carbonyl (C=O) groups is 1. The molecule has 0 saturated heterocycles. The summed E-state index contributed by atoms with van der Waals surface area (Å²) < 4.78 is 5.54. The monoisotopic (exact) mass is 387 g/mol. The maximum absolute atomic E-state index is 13.2. The zero-order valence-corrected chi connectivity index (χ0v) is 16.2. The van der Waals surface area contributed by atoms with Gasteiger partial charge in [-0.2, -0.15) is 5.26 Å². The molecule has 0 saturated carbocycles. The summed E-state index contributed by atoms with van der Waals surface area (Å²) in [6.07, 6.45) is 2.36. The summed E-state index contributed by atoms with van der Waals surface area (Å²) in [5, 5.41) is 9.83. The van der Waals surface area contributed by atoms with Crippen molar-refractivity contribution in [3.8, 4) is 6.07 Å². The standard InChI is InChI=1S/C22H21N5O2/c1-2-7-27(11-16-5-3-14(9-23)10-25-16)22(28)15-4-6-20-17(8-15)18-12-29-13-19(18)21(24)26-20/h3-6,8,10H,2,7,11-13H2,1H3,(H2,24,26). The number of hydrogen-bond acceptors (Lipinski definition) is 6. The topological polar surface area (TPSA) is 105 Å². The second-order valence-electron chi connectivity index (χ2n) is 7.06. The highest BCUT2D eigenvalue weighted by atomic mass is 16.5. The molecule has 0 spiro atoms. The van der Waals surface area contributed by atoms with Crippen LogP contribution in [0, 0.1) is 11.3 Å². The van der Waals surface area contributed by atoms with Crippen molar-refractivity contribution in [2.75, 3.05) is 12.3 Å². The third kappa shape index (κ3) is 3.62. The van der Waals surface area contributed by atoms with Gasteiger partial charge in [-0.3, -0.25) is 9.78 Å². The van der Waals surface area contributed by atoms with Crippen molar-refractivity contribution in [1.82, 2.24) is 14.9 Å². The Morgan fingerprint density at radius 3 is 2.83 bits per heavy atom. The molecule has 29 heavy (non-hydrogen) atoms. The van der Waals surface area contributed by atoms with Crippen LogP contribution in [0.15, 0.2) is 36.5 Å². The molecule has 0 aliphatic carbocycles. The molecule has 2 N–H and O–H groups in total. The van der Waals surface area contributed by atoms with Crippen LogP contribution in [0.3, 0.4) is 0 Å². The van der Waals surface area contributed by atoms with Crippen LogP contribution in [-0.4, -0.2) is 27.3 Å². The van der Waals surface area contributed by atoms with E-state index in [1.54, 1.807) is 23.1 Å². The van der Waals surface area contributed by atoms with E-state index in [0.717, 1.165) is 34.1 Å². The number of anilines is 1. The van der Waals surface area contributed by atoms with E-state index in [9.17, 15) is 4.79 Å². The number of nitrogens with zero attached hydrogens (tertiary/aromatic N) is 4. The van der Waals surface area contributed by atoms with Crippen molar-refractivity contribution in [2.24, 2.45) is 0 Å². The van der Waals surface area contributed by atoms with Crippen LogP contribution in [0.25, 0.3) is 10.9 Å². The van der Waals surface area contributed by atoms with Crippen LogP contribution in [-0.2, 0) is 24.5 Å². The second-order valence-corrected chi connectivity index (χ2v) is 7.06. The smallest absolute Gasteiger partial charge is 0.254 e. The van der Waals surface area contributed by atoms with Crippen LogP contribution in [0.4, 0.5) is 5.82 Å². The Balaban J connectivity index is 1.66. The minimum Gasteiger partial charge on any atom is -0.383 e. The van der Waals surface area contributed by atoms with Gasteiger partial charge in [-0.1, -0.05) is 6.92 Å². The molecular weight excluding hydrogens is 366 g/mol. The van der Waals surface area contributed by atoms with Gasteiger partial charge in [-0.05, 0) is 42.3 Å². The summed E-state index contributed by atoms with van der Waals surface area (Å²) in [5.74, 6) is 0.424. The number of rotatable bonds is 5. The number of aromatic nitrogens is 2. The lowest BCUT2D eigenvalue weighted by Crippen LogP contribution is -2.31. The highest BCUT2D eigenvalue weighted by molar-refractivity contribution is 5.99. The Bertz CT molecular complexity index is 1120. The third-order valence-electron chi connectivity index (χ3n) is 5.06. The Kier molecular flexibility index (Phi) is 5.10. The van der Waals surface area contributed by atoms with Crippen molar-refractivity contribution in [2.45, 2.75) is 33.1 Å². The lowest BCUT2D eigenvalue weighted by Gasteiger charge is -2.22. The molecule has 0 unspecified atom stereocenters. The zero-order chi connectivity index (χ0) is 20.4. The van der Waals surface area contributed by atoms with Crippen LogP contribution in [0.5, 0.6) is 0 Å². The molecule has 1 aromatic carbocycles. The molecule has 0 atom stereocenters. The van der Waals surface area contributed by atoms with E-state index in [-0.39, 0.29) is 5.91 Å². The summed E-state index contributed by atoms with van der Waals surface area (Å²) in [6.45, 7) is 3.96. The first-order valence-corrected chi connectivity index (χ1v) is 9.53. The Labute approximate surface area is 168 Å². The normalized spacial score (nSPS) is 12.6. The number of fused-ring (bicyclic) bond motifs is 3. The van der Waals surface area contributed by atoms with Crippen molar-refractivity contribution < 1.29 is 9.53 Å². The molecule has 7 heteroatoms. The Hall–Kier alpha value is -3.50. The molecule has 0 fully saturated rings. The molecule has 2 aromatic heterocycles. The van der Waals surface area contributed by atoms with Crippen LogP contribution in [0.2, 0.25) is 0 Å². The van der Waals surface area contributed by atoms with Crippen molar-refractivity contribution >= 4 is 22.6 Å². The largest absolute Gasteiger partial charge is 0.383 e. The summed E-state index contributed by atoms with van der Waals surface area (Å²) in [5.41, 5.74) is 10.6. The van der Waals surface area contributed by atoms with E-state index in [4.69, 9.17) is 15.7 Å². The molecule has 1 aliphatic rings. The predicted octanol–water partition coefficient (Wildman–Crippen LogP) is 3.17. The highest BCUT2D eigenvalue weighted by Crippen LogP contribution is 2.31. The van der Waals surface area contributed by atoms with Gasteiger partial charge in [0.2, 0.25) is 0 Å². The van der Waals surface area contributed by atoms with Gasteiger partial charge in [-0.25, -0.2) is 4.98 Å². The summed E-state index contributed by atoms with van der Waals surface area (Å²) >= 11 is 0. The molecular formula is C22H21N5O2. The van der Waals surface area contributed by atoms with Gasteiger partial charge >= 0.3 is 0 Å². The molecule has 4 rings (SSSR count). The molecule has 1 aliphatic heterocycles. The van der Waals surface area contributed by atoms with Gasteiger partial charge in [0.05, 0.1) is 36.5 Å². The van der Waals surface area contributed by atoms with E-state index >= 15 is 0 Å². The fourth-order valence-electron chi connectivity index (χ4n) is 3.59. The predicted molar refractivity (Wildman–Crippen MR) is 109 cm³/mol. The molecule has 1 amide bonds. The van der Waals surface area contributed by atoms with Crippen molar-refractivity contribution in [1.29, 1.82) is 5.26 Å². The van der Waals surface area contributed by atoms with Crippen molar-refractivity contribution in [3.05, 3.63) is 64.5 Å². The number of nitrogen functional groups attached to an aromatic ring is 1. The Morgan fingerprint density at radius 2 is 2.10 bits per heavy atom. The average Bonchev–Trinajstić information content (AvgIpc) is 3.24. The van der Waals surface area contributed by atoms with Crippen LogP contribution >= 0.6 is 0 Å². The fourth-order valence-corrected chi connectivity index (χ4v) is 3.59.